The Morgan fingerprint density at radius 2 is 2.00 bits per heavy atom. The van der Waals surface area contributed by atoms with Gasteiger partial charge in [0, 0.05) is 12.6 Å². The summed E-state index contributed by atoms with van der Waals surface area (Å²) >= 11 is 6.16. The Kier molecular flexibility index (Phi) is 5.36. The Morgan fingerprint density at radius 1 is 1.27 bits per heavy atom. The average molecular weight is 431 g/mol. The summed E-state index contributed by atoms with van der Waals surface area (Å²) in [6.45, 7) is 9.36. The zero-order valence-corrected chi connectivity index (χ0v) is 18.5. The molecule has 1 saturated heterocycles. The molecular formula is C22H27ClN4O3. The van der Waals surface area contributed by atoms with Gasteiger partial charge in [0.2, 0.25) is 0 Å². The summed E-state index contributed by atoms with van der Waals surface area (Å²) in [5.74, 6) is 0.467. The molecule has 1 aromatic heterocycles. The predicted octanol–water partition coefficient (Wildman–Crippen LogP) is 4.44. The van der Waals surface area contributed by atoms with E-state index in [1.807, 2.05) is 39.0 Å². The van der Waals surface area contributed by atoms with Crippen LogP contribution in [0.5, 0.6) is 0 Å². The lowest BCUT2D eigenvalue weighted by atomic mass is 9.94. The molecule has 0 aliphatic carbocycles. The van der Waals surface area contributed by atoms with Crippen LogP contribution in [0.1, 0.15) is 39.7 Å². The molecule has 0 bridgehead atoms. The van der Waals surface area contributed by atoms with Crippen LogP contribution in [-0.4, -0.2) is 46.6 Å². The zero-order valence-electron chi connectivity index (χ0n) is 17.8. The van der Waals surface area contributed by atoms with Gasteiger partial charge in [-0.1, -0.05) is 41.9 Å². The van der Waals surface area contributed by atoms with Crippen LogP contribution in [0.4, 0.5) is 16.3 Å². The van der Waals surface area contributed by atoms with Crippen LogP contribution >= 0.6 is 11.6 Å². The largest absolute Gasteiger partial charge is 0.443 e. The standard InChI is InChI=1S/C22H27ClN4O3/c1-21(2,3)30-20(28)26-14-22(4)11-16(29-13-15-8-6-5-7-9-15)12-27(22)17-10-18(23)24-25-19(17)26/h5-10,16H,11-14H2,1-4H3/t16-,22-/m1/s1. The van der Waals surface area contributed by atoms with Gasteiger partial charge in [0.05, 0.1) is 30.5 Å². The summed E-state index contributed by atoms with van der Waals surface area (Å²) in [6, 6.07) is 11.9. The molecule has 1 amide bonds. The van der Waals surface area contributed by atoms with Crippen molar-refractivity contribution in [2.24, 2.45) is 0 Å². The van der Waals surface area contributed by atoms with Crippen LogP contribution in [-0.2, 0) is 16.1 Å². The lowest BCUT2D eigenvalue weighted by molar-refractivity contribution is 0.0484. The molecule has 4 rings (SSSR count). The van der Waals surface area contributed by atoms with Gasteiger partial charge in [-0.05, 0) is 39.7 Å². The molecule has 8 heteroatoms. The minimum absolute atomic E-state index is 0.0218. The van der Waals surface area contributed by atoms with Crippen LogP contribution in [0.3, 0.4) is 0 Å². The summed E-state index contributed by atoms with van der Waals surface area (Å²) < 4.78 is 11.8. The molecular weight excluding hydrogens is 404 g/mol. The Labute approximate surface area is 181 Å². The molecule has 2 aliphatic heterocycles. The van der Waals surface area contributed by atoms with Gasteiger partial charge < -0.3 is 14.4 Å². The third-order valence-electron chi connectivity index (χ3n) is 5.42. The number of ether oxygens (including phenoxy) is 2. The molecule has 0 spiro atoms. The summed E-state index contributed by atoms with van der Waals surface area (Å²) in [7, 11) is 0. The van der Waals surface area contributed by atoms with Gasteiger partial charge in [-0.15, -0.1) is 10.2 Å². The summed E-state index contributed by atoms with van der Waals surface area (Å²) in [6.07, 6.45) is 0.363. The van der Waals surface area contributed by atoms with E-state index in [-0.39, 0.29) is 16.8 Å². The van der Waals surface area contributed by atoms with Crippen molar-refractivity contribution in [2.45, 2.75) is 58.0 Å². The second-order valence-corrected chi connectivity index (χ2v) is 9.56. The fraction of sp³-hybridized carbons (Fsp3) is 0.500. The molecule has 3 heterocycles. The lowest BCUT2D eigenvalue weighted by Gasteiger charge is -2.45. The predicted molar refractivity (Wildman–Crippen MR) is 116 cm³/mol. The third-order valence-corrected chi connectivity index (χ3v) is 5.60. The molecule has 2 aliphatic rings. The Bertz CT molecular complexity index is 934. The van der Waals surface area contributed by atoms with E-state index in [0.29, 0.717) is 25.5 Å². The van der Waals surface area contributed by atoms with Crippen molar-refractivity contribution in [2.75, 3.05) is 22.9 Å². The highest BCUT2D eigenvalue weighted by Crippen LogP contribution is 2.45. The van der Waals surface area contributed by atoms with Crippen molar-refractivity contribution < 1.29 is 14.3 Å². The summed E-state index contributed by atoms with van der Waals surface area (Å²) in [4.78, 5) is 16.7. The summed E-state index contributed by atoms with van der Waals surface area (Å²) in [5.41, 5.74) is 0.988. The van der Waals surface area contributed by atoms with Crippen molar-refractivity contribution in [1.29, 1.82) is 0 Å². The average Bonchev–Trinajstić information content (AvgIpc) is 3.02. The number of rotatable bonds is 3. The van der Waals surface area contributed by atoms with Crippen LogP contribution in [0.25, 0.3) is 0 Å². The number of amides is 1. The zero-order chi connectivity index (χ0) is 21.5. The molecule has 7 nitrogen and oxygen atoms in total. The second-order valence-electron chi connectivity index (χ2n) is 9.17. The van der Waals surface area contributed by atoms with Crippen LogP contribution in [0.15, 0.2) is 36.4 Å². The molecule has 2 atom stereocenters. The highest BCUT2D eigenvalue weighted by atomic mass is 35.5. The maximum Gasteiger partial charge on any atom is 0.416 e. The van der Waals surface area contributed by atoms with E-state index < -0.39 is 11.7 Å². The minimum Gasteiger partial charge on any atom is -0.443 e. The maximum absolute atomic E-state index is 12.9. The number of hydrogen-bond acceptors (Lipinski definition) is 6. The molecule has 2 aromatic rings. The first kappa shape index (κ1) is 20.9. The number of halogens is 1. The fourth-order valence-corrected chi connectivity index (χ4v) is 4.30. The van der Waals surface area contributed by atoms with E-state index in [1.165, 1.54) is 0 Å². The molecule has 0 saturated carbocycles. The van der Waals surface area contributed by atoms with Gasteiger partial charge in [-0.3, -0.25) is 4.90 Å². The Hall–Kier alpha value is -2.38. The molecule has 1 fully saturated rings. The molecule has 30 heavy (non-hydrogen) atoms. The van der Waals surface area contributed by atoms with Crippen LogP contribution < -0.4 is 9.80 Å². The number of hydrogen-bond donors (Lipinski definition) is 0. The van der Waals surface area contributed by atoms with Crippen molar-refractivity contribution in [1.82, 2.24) is 10.2 Å². The van der Waals surface area contributed by atoms with Crippen molar-refractivity contribution in [3.63, 3.8) is 0 Å². The van der Waals surface area contributed by atoms with Gasteiger partial charge in [0.1, 0.15) is 5.60 Å². The first-order valence-corrected chi connectivity index (χ1v) is 10.5. The van der Waals surface area contributed by atoms with Crippen molar-refractivity contribution >= 4 is 29.2 Å². The first-order chi connectivity index (χ1) is 14.1. The molecule has 0 N–H and O–H groups in total. The number of aromatic nitrogens is 2. The quantitative estimate of drug-likeness (QED) is 0.717. The maximum atomic E-state index is 12.9. The van der Waals surface area contributed by atoms with Crippen LogP contribution in [0, 0.1) is 0 Å². The topological polar surface area (TPSA) is 67.8 Å². The van der Waals surface area contributed by atoms with Crippen molar-refractivity contribution in [3.05, 3.63) is 47.1 Å². The number of nitrogens with zero attached hydrogens (tertiary/aromatic N) is 4. The molecule has 0 unspecified atom stereocenters. The van der Waals surface area contributed by atoms with Gasteiger partial charge in [-0.2, -0.15) is 0 Å². The monoisotopic (exact) mass is 430 g/mol. The van der Waals surface area contributed by atoms with E-state index in [0.717, 1.165) is 17.7 Å². The molecule has 1 aromatic carbocycles. The van der Waals surface area contributed by atoms with E-state index in [9.17, 15) is 4.79 Å². The van der Waals surface area contributed by atoms with E-state index >= 15 is 0 Å². The number of benzene rings is 1. The summed E-state index contributed by atoms with van der Waals surface area (Å²) in [5, 5.41) is 8.47. The van der Waals surface area contributed by atoms with Crippen LogP contribution in [0.2, 0.25) is 5.15 Å². The fourth-order valence-electron chi connectivity index (χ4n) is 4.16. The highest BCUT2D eigenvalue weighted by molar-refractivity contribution is 6.29. The smallest absolute Gasteiger partial charge is 0.416 e. The lowest BCUT2D eigenvalue weighted by Crippen LogP contribution is -2.57. The van der Waals surface area contributed by atoms with E-state index in [1.54, 1.807) is 11.0 Å². The molecule has 160 valence electrons. The van der Waals surface area contributed by atoms with Gasteiger partial charge in [0.15, 0.2) is 11.0 Å². The van der Waals surface area contributed by atoms with Gasteiger partial charge in [-0.25, -0.2) is 4.79 Å². The minimum atomic E-state index is -0.605. The Balaban J connectivity index is 1.59. The Morgan fingerprint density at radius 3 is 2.70 bits per heavy atom. The normalized spacial score (nSPS) is 23.2. The van der Waals surface area contributed by atoms with Gasteiger partial charge in [0.25, 0.3) is 0 Å². The SMILES string of the molecule is CC(C)(C)OC(=O)N1C[C@@]2(C)C[C@@H](OCc3ccccc3)CN2c2cc(Cl)nnc21. The highest BCUT2D eigenvalue weighted by Gasteiger charge is 2.50. The number of carbonyl (C=O) groups excluding carboxylic acids is 1. The van der Waals surface area contributed by atoms with Crippen molar-refractivity contribution in [3.8, 4) is 0 Å². The number of anilines is 2. The van der Waals surface area contributed by atoms with E-state index in [2.05, 4.69) is 34.2 Å². The number of carbonyl (C=O) groups is 1. The number of fused-ring (bicyclic) bond motifs is 3. The first-order valence-electron chi connectivity index (χ1n) is 10.1. The second kappa shape index (κ2) is 7.71. The third kappa shape index (κ3) is 4.23. The molecule has 0 radical (unpaired) electrons. The van der Waals surface area contributed by atoms with Gasteiger partial charge >= 0.3 is 6.09 Å². The van der Waals surface area contributed by atoms with E-state index in [4.69, 9.17) is 21.1 Å².